The van der Waals surface area contributed by atoms with E-state index in [2.05, 4.69) is 44.3 Å². The monoisotopic (exact) mass is 746 g/mol. The number of methoxy groups -OCH3 is 2. The molecule has 4 atom stereocenters. The Labute approximate surface area is 309 Å². The van der Waals surface area contributed by atoms with E-state index < -0.39 is 24.3 Å². The fraction of sp³-hybridized carbons (Fsp3) is 0.500. The molecule has 6 heterocycles. The molecule has 14 nitrogen and oxygen atoms in total. The third kappa shape index (κ3) is 7.73. The summed E-state index contributed by atoms with van der Waals surface area (Å²) >= 11 is 2.91. The van der Waals surface area contributed by atoms with E-state index in [9.17, 15) is 19.2 Å². The normalized spacial score (nSPS) is 18.2. The number of nitrogens with zero attached hydrogens (tertiary/aromatic N) is 4. The van der Waals surface area contributed by atoms with Gasteiger partial charge in [-0.3, -0.25) is 9.59 Å². The van der Waals surface area contributed by atoms with Crippen LogP contribution in [0.2, 0.25) is 0 Å². The molecule has 0 aliphatic carbocycles. The zero-order valence-corrected chi connectivity index (χ0v) is 31.5. The highest BCUT2D eigenvalue weighted by Crippen LogP contribution is 2.36. The number of aromatic amines is 2. The van der Waals surface area contributed by atoms with Gasteiger partial charge in [-0.2, -0.15) is 0 Å². The van der Waals surface area contributed by atoms with Gasteiger partial charge in [0.2, 0.25) is 11.8 Å². The van der Waals surface area contributed by atoms with E-state index in [0.717, 1.165) is 67.8 Å². The van der Waals surface area contributed by atoms with E-state index in [1.165, 1.54) is 36.9 Å². The molecule has 0 aromatic carbocycles. The maximum Gasteiger partial charge on any atom is 0.407 e. The number of aromatic nitrogens is 4. The number of rotatable bonds is 8. The van der Waals surface area contributed by atoms with Gasteiger partial charge >= 0.3 is 12.2 Å². The lowest BCUT2D eigenvalue weighted by molar-refractivity contribution is -0.136. The number of carbonyl (C=O) groups excluding carboxylic acids is 4. The number of likely N-dealkylation sites (tertiary alicyclic amines) is 2. The highest BCUT2D eigenvalue weighted by molar-refractivity contribution is 7.19. The van der Waals surface area contributed by atoms with Crippen LogP contribution in [-0.4, -0.2) is 93.1 Å². The summed E-state index contributed by atoms with van der Waals surface area (Å²) in [7, 11) is 2.56. The van der Waals surface area contributed by atoms with E-state index in [0.29, 0.717) is 13.1 Å². The van der Waals surface area contributed by atoms with Crippen molar-refractivity contribution in [1.29, 1.82) is 0 Å². The fourth-order valence-electron chi connectivity index (χ4n) is 6.67. The lowest BCUT2D eigenvalue weighted by atomic mass is 10.0. The van der Waals surface area contributed by atoms with Gasteiger partial charge < -0.3 is 39.9 Å². The van der Waals surface area contributed by atoms with Crippen LogP contribution in [0.4, 0.5) is 9.59 Å². The highest BCUT2D eigenvalue weighted by atomic mass is 32.1. The Morgan fingerprint density at radius 3 is 1.50 bits per heavy atom. The largest absolute Gasteiger partial charge is 0.453 e. The number of amides is 4. The summed E-state index contributed by atoms with van der Waals surface area (Å²) in [4.78, 5) is 73.8. The van der Waals surface area contributed by atoms with Gasteiger partial charge in [0, 0.05) is 13.1 Å². The number of hydrogen-bond donors (Lipinski definition) is 4. The van der Waals surface area contributed by atoms with Crippen molar-refractivity contribution >= 4 is 67.4 Å². The third-order valence-corrected chi connectivity index (χ3v) is 11.2. The van der Waals surface area contributed by atoms with Gasteiger partial charge in [0.1, 0.15) is 33.4 Å². The topological polar surface area (TPSA) is 175 Å². The Bertz CT molecular complexity index is 1890. The number of imidazole rings is 2. The van der Waals surface area contributed by atoms with E-state index >= 15 is 0 Å². The molecule has 0 bridgehead atoms. The van der Waals surface area contributed by atoms with Crippen molar-refractivity contribution in [2.24, 2.45) is 11.8 Å². The van der Waals surface area contributed by atoms with Crippen LogP contribution in [0.15, 0.2) is 12.1 Å². The minimum atomic E-state index is -0.689. The maximum absolute atomic E-state index is 13.4. The van der Waals surface area contributed by atoms with Gasteiger partial charge in [-0.1, -0.05) is 27.7 Å². The minimum Gasteiger partial charge on any atom is -0.453 e. The molecule has 0 spiro atoms. The van der Waals surface area contributed by atoms with Gasteiger partial charge in [0.05, 0.1) is 47.1 Å². The van der Waals surface area contributed by atoms with Crippen molar-refractivity contribution in [2.45, 2.75) is 77.5 Å². The summed E-state index contributed by atoms with van der Waals surface area (Å²) in [6, 6.07) is 2.09. The Morgan fingerprint density at radius 1 is 0.750 bits per heavy atom. The molecule has 4 amide bonds. The number of alkyl carbamates (subject to hydrolysis) is 2. The smallest absolute Gasteiger partial charge is 0.407 e. The molecule has 4 aromatic heterocycles. The van der Waals surface area contributed by atoms with Crippen LogP contribution < -0.4 is 10.6 Å². The van der Waals surface area contributed by atoms with Crippen LogP contribution in [0.3, 0.4) is 0 Å². The molecule has 0 saturated carbocycles. The molecule has 2 fully saturated rings. The van der Waals surface area contributed by atoms with Crippen molar-refractivity contribution in [1.82, 2.24) is 40.4 Å². The second-order valence-corrected chi connectivity index (χ2v) is 15.6. The average molecular weight is 747 g/mol. The number of fused-ring (bicyclic) bond motifs is 2. The second kappa shape index (κ2) is 15.7. The standard InChI is InChI=1S/C36H42N8O6S2/c1-19(2)27(39-35(47)49-5)33(45)43-15-9-13-25(43)29-37-23-17-21(51-31(23)41-29)11-7-8-12-22-18-24-32(52-22)42-30(38-24)26-14-10-16-44(26)34(46)28(20(3)4)40-36(48)50-6/h17-20,25-28H,9-10,13-16H2,1-6H3,(H,37,41)(H,38,42)(H,39,47)(H,40,48)/t25-,26-,27-,28-/m0/s1. The van der Waals surface area contributed by atoms with Crippen molar-refractivity contribution in [3.05, 3.63) is 33.5 Å². The molecule has 6 rings (SSSR count). The first-order valence-electron chi connectivity index (χ1n) is 17.3. The first kappa shape index (κ1) is 36.7. The summed E-state index contributed by atoms with van der Waals surface area (Å²) < 4.78 is 9.46. The van der Waals surface area contributed by atoms with E-state index in [1.807, 2.05) is 39.8 Å². The highest BCUT2D eigenvalue weighted by Gasteiger charge is 2.39. The zero-order valence-electron chi connectivity index (χ0n) is 29.9. The maximum atomic E-state index is 13.4. The van der Waals surface area contributed by atoms with E-state index in [4.69, 9.17) is 19.4 Å². The Balaban J connectivity index is 1.10. The van der Waals surface area contributed by atoms with Gasteiger partial charge in [-0.25, -0.2) is 19.6 Å². The first-order chi connectivity index (χ1) is 25.0. The molecule has 2 saturated heterocycles. The predicted octanol–water partition coefficient (Wildman–Crippen LogP) is 5.05. The fourth-order valence-corrected chi connectivity index (χ4v) is 8.37. The summed E-state index contributed by atoms with van der Waals surface area (Å²) in [6.07, 6.45) is 1.98. The molecule has 4 aromatic rings. The van der Waals surface area contributed by atoms with Gasteiger partial charge in [-0.15, -0.1) is 22.7 Å². The summed E-state index contributed by atoms with van der Waals surface area (Å²) in [5.74, 6) is 13.0. The van der Waals surface area contributed by atoms with Crippen molar-refractivity contribution in [3.63, 3.8) is 0 Å². The van der Waals surface area contributed by atoms with E-state index in [-0.39, 0.29) is 35.7 Å². The molecule has 0 radical (unpaired) electrons. The molecule has 0 unspecified atom stereocenters. The van der Waals surface area contributed by atoms with Crippen molar-refractivity contribution in [3.8, 4) is 23.7 Å². The molecule has 274 valence electrons. The molecule has 2 aliphatic heterocycles. The molecule has 2 aliphatic rings. The molecule has 4 N–H and O–H groups in total. The Kier molecular flexibility index (Phi) is 11.1. The van der Waals surface area contributed by atoms with Crippen LogP contribution in [0.25, 0.3) is 20.7 Å². The summed E-state index contributed by atoms with van der Waals surface area (Å²) in [5.41, 5.74) is 1.70. The van der Waals surface area contributed by atoms with Crippen LogP contribution in [0.5, 0.6) is 0 Å². The lowest BCUT2D eigenvalue weighted by Crippen LogP contribution is -2.51. The van der Waals surface area contributed by atoms with Crippen LogP contribution in [0.1, 0.15) is 86.9 Å². The van der Waals surface area contributed by atoms with Crippen LogP contribution in [-0.2, 0) is 19.1 Å². The number of ether oxygens (including phenoxy) is 2. The molecule has 16 heteroatoms. The lowest BCUT2D eigenvalue weighted by Gasteiger charge is -2.29. The third-order valence-electron chi connectivity index (χ3n) is 9.31. The summed E-state index contributed by atoms with van der Waals surface area (Å²) in [5, 5.41) is 5.35. The molecular formula is C36H42N8O6S2. The van der Waals surface area contributed by atoms with Crippen molar-refractivity contribution < 1.29 is 28.7 Å². The second-order valence-electron chi connectivity index (χ2n) is 13.5. The summed E-state index contributed by atoms with van der Waals surface area (Å²) in [6.45, 7) is 8.74. The number of hydrogen-bond acceptors (Lipinski definition) is 10. The quantitative estimate of drug-likeness (QED) is 0.181. The van der Waals surface area contributed by atoms with Gasteiger partial charge in [-0.05, 0) is 73.3 Å². The van der Waals surface area contributed by atoms with Gasteiger partial charge in [0.15, 0.2) is 0 Å². The van der Waals surface area contributed by atoms with E-state index in [1.54, 1.807) is 9.80 Å². The Morgan fingerprint density at radius 2 is 1.15 bits per heavy atom. The average Bonchev–Trinajstić information content (AvgIpc) is 3.95. The number of thiophene rings is 2. The number of carbonyl (C=O) groups is 4. The predicted molar refractivity (Wildman–Crippen MR) is 197 cm³/mol. The number of H-pyrrole nitrogens is 2. The van der Waals surface area contributed by atoms with Gasteiger partial charge in [0.25, 0.3) is 0 Å². The SMILES string of the molecule is COC(=O)N[C@H](C(=O)N1CCC[C@H]1c1nc2sc(C#CC#Cc3cc4[nH]c([C@@H]5CCCN5C(=O)[C@@H](NC(=O)OC)C(C)C)nc4s3)cc2[nH]1)C(C)C. The zero-order chi connectivity index (χ0) is 37.1. The first-order valence-corrected chi connectivity index (χ1v) is 18.9. The van der Waals surface area contributed by atoms with Crippen molar-refractivity contribution in [2.75, 3.05) is 27.3 Å². The minimum absolute atomic E-state index is 0.106. The molecular weight excluding hydrogens is 705 g/mol. The molecule has 52 heavy (non-hydrogen) atoms. The number of nitrogens with one attached hydrogen (secondary N) is 4. The van der Waals surface area contributed by atoms with Crippen LogP contribution in [0, 0.1) is 35.5 Å². The van der Waals surface area contributed by atoms with Crippen LogP contribution >= 0.6 is 22.7 Å². The Hall–Kier alpha value is -5.06.